The molecular formula is C15H26O. The zero-order valence-corrected chi connectivity index (χ0v) is 11.2. The van der Waals surface area contributed by atoms with Crippen LogP contribution in [-0.2, 0) is 0 Å². The molecule has 0 bridgehead atoms. The van der Waals surface area contributed by atoms with Crippen molar-refractivity contribution < 1.29 is 5.11 Å². The highest BCUT2D eigenvalue weighted by Crippen LogP contribution is 2.49. The molecule has 2 rings (SSSR count). The fourth-order valence-corrected chi connectivity index (χ4v) is 3.86. The maximum atomic E-state index is 10.3. The van der Waals surface area contributed by atoms with Crippen molar-refractivity contribution in [3.63, 3.8) is 0 Å². The molecule has 92 valence electrons. The Kier molecular flexibility index (Phi) is 3.18. The topological polar surface area (TPSA) is 20.2 Å². The van der Waals surface area contributed by atoms with E-state index in [2.05, 4.69) is 26.8 Å². The van der Waals surface area contributed by atoms with Crippen LogP contribution in [0.5, 0.6) is 0 Å². The second kappa shape index (κ2) is 4.18. The van der Waals surface area contributed by atoms with E-state index in [1.807, 2.05) is 6.92 Å². The molecule has 1 heteroatoms. The van der Waals surface area contributed by atoms with E-state index in [0.717, 1.165) is 30.6 Å². The van der Waals surface area contributed by atoms with Crippen LogP contribution in [0, 0.1) is 23.7 Å². The molecule has 1 N–H and O–H groups in total. The second-order valence-corrected chi connectivity index (χ2v) is 6.60. The molecule has 1 fully saturated rings. The predicted octanol–water partition coefficient (Wildman–Crippen LogP) is 3.78. The molecule has 16 heavy (non-hydrogen) atoms. The van der Waals surface area contributed by atoms with Crippen LogP contribution in [0.1, 0.15) is 53.4 Å². The SMILES string of the molecule is CC1=CC[C@@H](C(C)C)[C@@H]2C[C@](C)(O)CC[C@H]12. The summed E-state index contributed by atoms with van der Waals surface area (Å²) in [6.45, 7) is 8.97. The predicted molar refractivity (Wildman–Crippen MR) is 68.2 cm³/mol. The summed E-state index contributed by atoms with van der Waals surface area (Å²) >= 11 is 0. The lowest BCUT2D eigenvalue weighted by molar-refractivity contribution is -0.0370. The minimum Gasteiger partial charge on any atom is -0.390 e. The van der Waals surface area contributed by atoms with Gasteiger partial charge in [0.15, 0.2) is 0 Å². The van der Waals surface area contributed by atoms with Crippen molar-refractivity contribution in [3.05, 3.63) is 11.6 Å². The molecule has 0 spiro atoms. The summed E-state index contributed by atoms with van der Waals surface area (Å²) in [6.07, 6.45) is 6.84. The molecular weight excluding hydrogens is 196 g/mol. The van der Waals surface area contributed by atoms with Gasteiger partial charge in [0, 0.05) is 0 Å². The third-order valence-electron chi connectivity index (χ3n) is 4.89. The van der Waals surface area contributed by atoms with Crippen molar-refractivity contribution >= 4 is 0 Å². The Morgan fingerprint density at radius 2 is 2.12 bits per heavy atom. The van der Waals surface area contributed by atoms with Crippen molar-refractivity contribution in [3.8, 4) is 0 Å². The summed E-state index contributed by atoms with van der Waals surface area (Å²) in [5.74, 6) is 2.99. The van der Waals surface area contributed by atoms with E-state index in [1.54, 1.807) is 5.57 Å². The van der Waals surface area contributed by atoms with Crippen LogP contribution in [0.3, 0.4) is 0 Å². The van der Waals surface area contributed by atoms with Gasteiger partial charge in [0.25, 0.3) is 0 Å². The van der Waals surface area contributed by atoms with Crippen LogP contribution in [-0.4, -0.2) is 10.7 Å². The van der Waals surface area contributed by atoms with E-state index < -0.39 is 5.60 Å². The molecule has 4 atom stereocenters. The molecule has 0 saturated heterocycles. The van der Waals surface area contributed by atoms with E-state index in [9.17, 15) is 5.11 Å². The van der Waals surface area contributed by atoms with Crippen LogP contribution in [0.15, 0.2) is 11.6 Å². The van der Waals surface area contributed by atoms with Gasteiger partial charge in [-0.05, 0) is 63.2 Å². The van der Waals surface area contributed by atoms with Crippen molar-refractivity contribution in [2.24, 2.45) is 23.7 Å². The Bertz CT molecular complexity index is 288. The summed E-state index contributed by atoms with van der Waals surface area (Å²) in [6, 6.07) is 0. The van der Waals surface area contributed by atoms with E-state index in [-0.39, 0.29) is 0 Å². The van der Waals surface area contributed by atoms with E-state index in [1.165, 1.54) is 12.8 Å². The number of allylic oxidation sites excluding steroid dienone is 2. The Hall–Kier alpha value is -0.300. The molecule has 0 aromatic rings. The fourth-order valence-electron chi connectivity index (χ4n) is 3.86. The minimum atomic E-state index is -0.411. The number of fused-ring (bicyclic) bond motifs is 1. The Morgan fingerprint density at radius 3 is 2.75 bits per heavy atom. The first-order valence-electron chi connectivity index (χ1n) is 6.80. The molecule has 2 aliphatic carbocycles. The highest BCUT2D eigenvalue weighted by atomic mass is 16.3. The molecule has 0 aromatic heterocycles. The van der Waals surface area contributed by atoms with Crippen molar-refractivity contribution in [1.29, 1.82) is 0 Å². The van der Waals surface area contributed by atoms with Gasteiger partial charge in [-0.25, -0.2) is 0 Å². The van der Waals surface area contributed by atoms with Crippen LogP contribution in [0.25, 0.3) is 0 Å². The lowest BCUT2D eigenvalue weighted by atomic mass is 9.60. The van der Waals surface area contributed by atoms with Crippen LogP contribution in [0.2, 0.25) is 0 Å². The highest BCUT2D eigenvalue weighted by Gasteiger charge is 2.42. The average molecular weight is 222 g/mol. The largest absolute Gasteiger partial charge is 0.390 e. The number of aliphatic hydroxyl groups is 1. The van der Waals surface area contributed by atoms with Gasteiger partial charge in [-0.3, -0.25) is 0 Å². The van der Waals surface area contributed by atoms with E-state index in [4.69, 9.17) is 0 Å². The van der Waals surface area contributed by atoms with Gasteiger partial charge < -0.3 is 5.11 Å². The number of hydrogen-bond donors (Lipinski definition) is 1. The standard InChI is InChI=1S/C15H26O/c1-10(2)12-6-5-11(3)13-7-8-15(4,16)9-14(12)13/h5,10,12-14,16H,6-9H2,1-4H3/t12-,13+,14-,15+/m0/s1. The van der Waals surface area contributed by atoms with Crippen molar-refractivity contribution in [1.82, 2.24) is 0 Å². The van der Waals surface area contributed by atoms with Gasteiger partial charge in [0.1, 0.15) is 0 Å². The zero-order chi connectivity index (χ0) is 11.9. The first-order valence-corrected chi connectivity index (χ1v) is 6.80. The van der Waals surface area contributed by atoms with Gasteiger partial charge >= 0.3 is 0 Å². The normalized spacial score (nSPS) is 44.1. The first kappa shape index (κ1) is 12.2. The molecule has 0 aliphatic heterocycles. The average Bonchev–Trinajstić information content (AvgIpc) is 2.15. The van der Waals surface area contributed by atoms with Gasteiger partial charge in [-0.15, -0.1) is 0 Å². The third-order valence-corrected chi connectivity index (χ3v) is 4.89. The van der Waals surface area contributed by atoms with E-state index >= 15 is 0 Å². The van der Waals surface area contributed by atoms with Crippen LogP contribution >= 0.6 is 0 Å². The van der Waals surface area contributed by atoms with Crippen molar-refractivity contribution in [2.45, 2.75) is 59.0 Å². The quantitative estimate of drug-likeness (QED) is 0.669. The van der Waals surface area contributed by atoms with E-state index in [0.29, 0.717) is 5.92 Å². The van der Waals surface area contributed by atoms with Gasteiger partial charge in [-0.2, -0.15) is 0 Å². The molecule has 0 unspecified atom stereocenters. The summed E-state index contributed by atoms with van der Waals surface area (Å²) in [7, 11) is 0. The molecule has 1 saturated carbocycles. The van der Waals surface area contributed by atoms with Gasteiger partial charge in [-0.1, -0.05) is 25.5 Å². The number of rotatable bonds is 1. The highest BCUT2D eigenvalue weighted by molar-refractivity contribution is 5.14. The lowest BCUT2D eigenvalue weighted by Crippen LogP contribution is -2.42. The summed E-state index contributed by atoms with van der Waals surface area (Å²) in [5, 5.41) is 10.3. The molecule has 0 heterocycles. The van der Waals surface area contributed by atoms with Gasteiger partial charge in [0.05, 0.1) is 5.60 Å². The molecule has 0 amide bonds. The van der Waals surface area contributed by atoms with Crippen LogP contribution in [0.4, 0.5) is 0 Å². The smallest absolute Gasteiger partial charge is 0.0623 e. The number of hydrogen-bond acceptors (Lipinski definition) is 1. The molecule has 0 radical (unpaired) electrons. The fraction of sp³-hybridized carbons (Fsp3) is 0.867. The molecule has 0 aromatic carbocycles. The maximum Gasteiger partial charge on any atom is 0.0623 e. The Balaban J connectivity index is 2.22. The Labute approximate surface area is 99.9 Å². The molecule has 2 aliphatic rings. The second-order valence-electron chi connectivity index (χ2n) is 6.60. The summed E-state index contributed by atoms with van der Waals surface area (Å²) < 4.78 is 0. The maximum absolute atomic E-state index is 10.3. The lowest BCUT2D eigenvalue weighted by Gasteiger charge is -2.47. The third kappa shape index (κ3) is 2.20. The minimum absolute atomic E-state index is 0.411. The van der Waals surface area contributed by atoms with Crippen LogP contribution < -0.4 is 0 Å². The summed E-state index contributed by atoms with van der Waals surface area (Å²) in [5.41, 5.74) is 1.17. The zero-order valence-electron chi connectivity index (χ0n) is 11.2. The Morgan fingerprint density at radius 1 is 1.44 bits per heavy atom. The van der Waals surface area contributed by atoms with Crippen molar-refractivity contribution in [2.75, 3.05) is 0 Å². The first-order chi connectivity index (χ1) is 7.41. The summed E-state index contributed by atoms with van der Waals surface area (Å²) in [4.78, 5) is 0. The van der Waals surface area contributed by atoms with Gasteiger partial charge in [0.2, 0.25) is 0 Å². The monoisotopic (exact) mass is 222 g/mol. The molecule has 1 nitrogen and oxygen atoms in total.